The molecule has 21 heavy (non-hydrogen) atoms. The Hall–Kier alpha value is -1.53. The number of aromatic carboxylic acids is 1. The Balaban J connectivity index is 2.15. The second kappa shape index (κ2) is 6.95. The first-order chi connectivity index (χ1) is 10.0. The van der Waals surface area contributed by atoms with Crippen LogP contribution in [-0.4, -0.2) is 18.2 Å². The molecule has 0 amide bonds. The number of carboxylic acid groups (broad SMARTS) is 1. The first-order valence-electron chi connectivity index (χ1n) is 5.99. The van der Waals surface area contributed by atoms with E-state index in [0.29, 0.717) is 11.5 Å². The number of hydrogen-bond donors (Lipinski definition) is 1. The molecule has 2 aromatic carbocycles. The number of ether oxygens (including phenoxy) is 2. The number of hydrogen-bond acceptors (Lipinski definition) is 3. The van der Waals surface area contributed by atoms with Crippen LogP contribution in [0.5, 0.6) is 11.5 Å². The second-order valence-electron chi connectivity index (χ2n) is 4.21. The molecule has 110 valence electrons. The van der Waals surface area contributed by atoms with Crippen molar-refractivity contribution in [2.24, 2.45) is 0 Å². The normalized spacial score (nSPS) is 10.2. The van der Waals surface area contributed by atoms with Crippen LogP contribution in [0.3, 0.4) is 0 Å². The van der Waals surface area contributed by atoms with Crippen molar-refractivity contribution < 1.29 is 19.4 Å². The SMILES string of the molecule is COc1cc(Br)c(OCc2cccc(C(=O)O)c2)cc1Br. The molecule has 0 heterocycles. The van der Waals surface area contributed by atoms with Crippen molar-refractivity contribution in [1.29, 1.82) is 0 Å². The van der Waals surface area contributed by atoms with E-state index in [1.54, 1.807) is 37.4 Å². The minimum absolute atomic E-state index is 0.242. The molecule has 0 fully saturated rings. The summed E-state index contributed by atoms with van der Waals surface area (Å²) in [6, 6.07) is 10.2. The summed E-state index contributed by atoms with van der Waals surface area (Å²) in [5.41, 5.74) is 1.03. The fourth-order valence-corrected chi connectivity index (χ4v) is 2.65. The van der Waals surface area contributed by atoms with Crippen molar-refractivity contribution in [3.63, 3.8) is 0 Å². The summed E-state index contributed by atoms with van der Waals surface area (Å²) in [4.78, 5) is 10.9. The number of methoxy groups -OCH3 is 1. The van der Waals surface area contributed by atoms with Crippen molar-refractivity contribution in [3.05, 3.63) is 56.5 Å². The Bertz CT molecular complexity index is 671. The van der Waals surface area contributed by atoms with Gasteiger partial charge in [0.2, 0.25) is 0 Å². The van der Waals surface area contributed by atoms with Crippen LogP contribution in [0.1, 0.15) is 15.9 Å². The lowest BCUT2D eigenvalue weighted by Gasteiger charge is -2.11. The molecule has 0 saturated heterocycles. The van der Waals surface area contributed by atoms with Gasteiger partial charge < -0.3 is 14.6 Å². The van der Waals surface area contributed by atoms with E-state index in [9.17, 15) is 4.79 Å². The highest BCUT2D eigenvalue weighted by Crippen LogP contribution is 2.36. The third-order valence-corrected chi connectivity index (χ3v) is 4.01. The Morgan fingerprint density at radius 3 is 2.48 bits per heavy atom. The van der Waals surface area contributed by atoms with Gasteiger partial charge in [-0.25, -0.2) is 4.79 Å². The monoisotopic (exact) mass is 414 g/mol. The summed E-state index contributed by atoms with van der Waals surface area (Å²) in [5.74, 6) is 0.385. The van der Waals surface area contributed by atoms with E-state index >= 15 is 0 Å². The van der Waals surface area contributed by atoms with Gasteiger partial charge in [-0.1, -0.05) is 12.1 Å². The van der Waals surface area contributed by atoms with E-state index in [4.69, 9.17) is 14.6 Å². The zero-order valence-corrected chi connectivity index (χ0v) is 14.3. The predicted molar refractivity (Wildman–Crippen MR) is 86.1 cm³/mol. The molecule has 1 N–H and O–H groups in total. The van der Waals surface area contributed by atoms with Gasteiger partial charge in [-0.15, -0.1) is 0 Å². The standard InChI is InChI=1S/C15H12Br2O4/c1-20-13-6-12(17)14(7-11(13)16)21-8-9-3-2-4-10(5-9)15(18)19/h2-7H,8H2,1H3,(H,18,19). The average Bonchev–Trinajstić information content (AvgIpc) is 2.48. The van der Waals surface area contributed by atoms with Crippen molar-refractivity contribution in [1.82, 2.24) is 0 Å². The maximum Gasteiger partial charge on any atom is 0.335 e. The molecule has 0 unspecified atom stereocenters. The van der Waals surface area contributed by atoms with Gasteiger partial charge in [-0.3, -0.25) is 0 Å². The minimum atomic E-state index is -0.953. The fraction of sp³-hybridized carbons (Fsp3) is 0.133. The van der Waals surface area contributed by atoms with E-state index in [-0.39, 0.29) is 12.2 Å². The molecule has 0 atom stereocenters. The van der Waals surface area contributed by atoms with Gasteiger partial charge in [0, 0.05) is 0 Å². The lowest BCUT2D eigenvalue weighted by Crippen LogP contribution is -2.00. The molecule has 6 heteroatoms. The number of halogens is 2. The van der Waals surface area contributed by atoms with E-state index in [1.807, 2.05) is 6.07 Å². The lowest BCUT2D eigenvalue weighted by atomic mass is 10.1. The van der Waals surface area contributed by atoms with Crippen molar-refractivity contribution in [2.45, 2.75) is 6.61 Å². The zero-order valence-electron chi connectivity index (χ0n) is 11.1. The Morgan fingerprint density at radius 2 is 1.81 bits per heavy atom. The van der Waals surface area contributed by atoms with Crippen LogP contribution in [0.25, 0.3) is 0 Å². The summed E-state index contributed by atoms with van der Waals surface area (Å²) in [6.07, 6.45) is 0. The van der Waals surface area contributed by atoms with Gasteiger partial charge in [-0.05, 0) is 61.7 Å². The summed E-state index contributed by atoms with van der Waals surface area (Å²) >= 11 is 6.81. The van der Waals surface area contributed by atoms with E-state index < -0.39 is 5.97 Å². The topological polar surface area (TPSA) is 55.8 Å². The van der Waals surface area contributed by atoms with Gasteiger partial charge in [0.05, 0.1) is 21.6 Å². The number of carboxylic acids is 1. The van der Waals surface area contributed by atoms with Gasteiger partial charge in [-0.2, -0.15) is 0 Å². The summed E-state index contributed by atoms with van der Waals surface area (Å²) in [7, 11) is 1.59. The predicted octanol–water partition coefficient (Wildman–Crippen LogP) is 4.50. The molecule has 0 aliphatic carbocycles. The molecule has 0 spiro atoms. The molecule has 0 aliphatic rings. The Morgan fingerprint density at radius 1 is 1.14 bits per heavy atom. The molecule has 2 rings (SSSR count). The molecule has 2 aromatic rings. The minimum Gasteiger partial charge on any atom is -0.496 e. The molecule has 0 aromatic heterocycles. The highest BCUT2D eigenvalue weighted by Gasteiger charge is 2.09. The first kappa shape index (κ1) is 15.9. The number of benzene rings is 2. The van der Waals surface area contributed by atoms with E-state index in [0.717, 1.165) is 14.5 Å². The van der Waals surface area contributed by atoms with Crippen molar-refractivity contribution in [2.75, 3.05) is 7.11 Å². The fourth-order valence-electron chi connectivity index (χ4n) is 1.73. The van der Waals surface area contributed by atoms with Crippen LogP contribution in [0.2, 0.25) is 0 Å². The molecule has 4 nitrogen and oxygen atoms in total. The summed E-state index contributed by atoms with van der Waals surface area (Å²) in [5, 5.41) is 8.96. The van der Waals surface area contributed by atoms with Gasteiger partial charge in [0.15, 0.2) is 0 Å². The van der Waals surface area contributed by atoms with Crippen LogP contribution in [-0.2, 0) is 6.61 Å². The Labute approximate surface area is 139 Å². The van der Waals surface area contributed by atoms with E-state index in [1.165, 1.54) is 0 Å². The third-order valence-electron chi connectivity index (χ3n) is 2.77. The van der Waals surface area contributed by atoms with Crippen LogP contribution in [0, 0.1) is 0 Å². The van der Waals surface area contributed by atoms with Crippen LogP contribution in [0.4, 0.5) is 0 Å². The molecule has 0 aliphatic heterocycles. The second-order valence-corrected chi connectivity index (χ2v) is 5.92. The van der Waals surface area contributed by atoms with Crippen LogP contribution >= 0.6 is 31.9 Å². The van der Waals surface area contributed by atoms with Gasteiger partial charge in [0.25, 0.3) is 0 Å². The lowest BCUT2D eigenvalue weighted by molar-refractivity contribution is 0.0696. The van der Waals surface area contributed by atoms with E-state index in [2.05, 4.69) is 31.9 Å². The highest BCUT2D eigenvalue weighted by atomic mass is 79.9. The Kier molecular flexibility index (Phi) is 5.25. The van der Waals surface area contributed by atoms with Gasteiger partial charge in [0.1, 0.15) is 18.1 Å². The highest BCUT2D eigenvalue weighted by molar-refractivity contribution is 9.11. The molecular formula is C15H12Br2O4. The molecule has 0 saturated carbocycles. The molecular weight excluding hydrogens is 404 g/mol. The maximum atomic E-state index is 10.9. The number of rotatable bonds is 5. The number of carbonyl (C=O) groups is 1. The first-order valence-corrected chi connectivity index (χ1v) is 7.58. The largest absolute Gasteiger partial charge is 0.496 e. The summed E-state index contributed by atoms with van der Waals surface area (Å²) in [6.45, 7) is 0.276. The smallest absolute Gasteiger partial charge is 0.335 e. The quantitative estimate of drug-likeness (QED) is 0.781. The van der Waals surface area contributed by atoms with Crippen molar-refractivity contribution >= 4 is 37.8 Å². The molecule has 0 bridgehead atoms. The van der Waals surface area contributed by atoms with Gasteiger partial charge >= 0.3 is 5.97 Å². The summed E-state index contributed by atoms with van der Waals surface area (Å²) < 4.78 is 12.4. The maximum absolute atomic E-state index is 10.9. The van der Waals surface area contributed by atoms with Crippen molar-refractivity contribution in [3.8, 4) is 11.5 Å². The molecule has 0 radical (unpaired) electrons. The zero-order chi connectivity index (χ0) is 15.4. The third kappa shape index (κ3) is 3.98. The van der Waals surface area contributed by atoms with Crippen LogP contribution in [0.15, 0.2) is 45.3 Å². The van der Waals surface area contributed by atoms with Crippen LogP contribution < -0.4 is 9.47 Å². The average molecular weight is 416 g/mol.